The Balaban J connectivity index is 1.54. The maximum absolute atomic E-state index is 10.9. The SMILES string of the molecule is [O-]N(O)c1ccc([C@H]2NN3C(=NNC3=C3C=CC(=[N+]([O-])[O-])C=C3)S2)cc1. The first-order valence-electron chi connectivity index (χ1n) is 7.47. The van der Waals surface area contributed by atoms with Gasteiger partial charge in [0.2, 0.25) is 10.9 Å². The van der Waals surface area contributed by atoms with E-state index >= 15 is 0 Å². The van der Waals surface area contributed by atoms with E-state index in [0.717, 1.165) is 11.1 Å². The number of nitrogens with zero attached hydrogens (tertiary/aromatic N) is 4. The van der Waals surface area contributed by atoms with E-state index in [0.29, 0.717) is 11.0 Å². The number of anilines is 1. The van der Waals surface area contributed by atoms with Crippen molar-refractivity contribution in [2.75, 3.05) is 5.23 Å². The largest absolute Gasteiger partial charge is 0.733 e. The van der Waals surface area contributed by atoms with Gasteiger partial charge in [-0.1, -0.05) is 23.9 Å². The molecule has 1 atom stereocenters. The van der Waals surface area contributed by atoms with Crippen LogP contribution in [0, 0.1) is 15.6 Å². The number of hydrazone groups is 1. The van der Waals surface area contributed by atoms with E-state index in [1.165, 1.54) is 36.0 Å². The summed E-state index contributed by atoms with van der Waals surface area (Å²) in [4.78, 5) is -0.447. The molecule has 134 valence electrons. The van der Waals surface area contributed by atoms with E-state index in [1.807, 2.05) is 0 Å². The zero-order chi connectivity index (χ0) is 18.3. The smallest absolute Gasteiger partial charge is 0.222 e. The number of allylic oxidation sites excluding steroid dienone is 5. The van der Waals surface area contributed by atoms with Gasteiger partial charge < -0.3 is 20.8 Å². The van der Waals surface area contributed by atoms with Gasteiger partial charge in [-0.3, -0.25) is 10.6 Å². The molecule has 26 heavy (non-hydrogen) atoms. The lowest BCUT2D eigenvalue weighted by molar-refractivity contribution is -0.377. The molecule has 2 heterocycles. The van der Waals surface area contributed by atoms with Crippen molar-refractivity contribution < 1.29 is 10.1 Å². The standard InChI is InChI=1S/C15H12N6O4S/c22-20(23)11-5-1-9(2-6-11)13-16-17-15-19(13)18-14(26-15)10-3-7-12(8-4-10)21(24)25/h1-8,14,16,18,24H/q-2/t14-/m0/s1. The second kappa shape index (κ2) is 6.38. The Labute approximate surface area is 151 Å². The van der Waals surface area contributed by atoms with Crippen LogP contribution in [0.15, 0.2) is 65.1 Å². The summed E-state index contributed by atoms with van der Waals surface area (Å²) in [6.45, 7) is 0. The molecule has 0 saturated carbocycles. The number of nitrogens with one attached hydrogen (secondary N) is 2. The number of rotatable bonds is 2. The van der Waals surface area contributed by atoms with Gasteiger partial charge in [0, 0.05) is 17.7 Å². The molecule has 3 aliphatic rings. The van der Waals surface area contributed by atoms with E-state index in [4.69, 9.17) is 5.21 Å². The van der Waals surface area contributed by atoms with Crippen molar-refractivity contribution in [2.24, 2.45) is 5.10 Å². The van der Waals surface area contributed by atoms with Crippen molar-refractivity contribution in [3.05, 3.63) is 81.1 Å². The molecule has 3 N–H and O–H groups in total. The highest BCUT2D eigenvalue weighted by atomic mass is 32.2. The first kappa shape index (κ1) is 16.5. The summed E-state index contributed by atoms with van der Waals surface area (Å²) >= 11 is 1.47. The minimum absolute atomic E-state index is 0.0199. The fourth-order valence-corrected chi connectivity index (χ4v) is 3.61. The lowest BCUT2D eigenvalue weighted by Crippen LogP contribution is -2.34. The van der Waals surface area contributed by atoms with Crippen molar-refractivity contribution in [2.45, 2.75) is 5.37 Å². The molecule has 0 bridgehead atoms. The molecule has 1 aliphatic carbocycles. The van der Waals surface area contributed by atoms with Crippen molar-refractivity contribution in [1.29, 1.82) is 0 Å². The summed E-state index contributed by atoms with van der Waals surface area (Å²) in [5, 5.41) is 47.8. The summed E-state index contributed by atoms with van der Waals surface area (Å²) < 4.78 is 0. The molecule has 10 nitrogen and oxygen atoms in total. The molecule has 4 rings (SSSR count). The predicted molar refractivity (Wildman–Crippen MR) is 97.3 cm³/mol. The lowest BCUT2D eigenvalue weighted by Gasteiger charge is -2.22. The molecule has 11 heteroatoms. The first-order chi connectivity index (χ1) is 12.5. The second-order valence-electron chi connectivity index (χ2n) is 5.49. The third-order valence-corrected chi connectivity index (χ3v) is 5.01. The summed E-state index contributed by atoms with van der Waals surface area (Å²) in [7, 11) is 0. The number of fused-ring (bicyclic) bond motifs is 1. The highest BCUT2D eigenvalue weighted by molar-refractivity contribution is 8.14. The molecular weight excluding hydrogens is 360 g/mol. The van der Waals surface area contributed by atoms with Gasteiger partial charge in [-0.25, -0.2) is 10.4 Å². The fraction of sp³-hybridized carbons (Fsp3) is 0.0667. The number of benzene rings is 1. The van der Waals surface area contributed by atoms with Gasteiger partial charge in [-0.05, 0) is 29.8 Å². The van der Waals surface area contributed by atoms with E-state index in [-0.39, 0.29) is 22.0 Å². The quantitative estimate of drug-likeness (QED) is 0.522. The Kier molecular flexibility index (Phi) is 4.05. The average Bonchev–Trinajstić information content (AvgIpc) is 3.22. The minimum atomic E-state index is -0.447. The fourth-order valence-electron chi connectivity index (χ4n) is 2.60. The van der Waals surface area contributed by atoms with E-state index < -0.39 is 4.90 Å². The molecule has 0 radical (unpaired) electrons. The summed E-state index contributed by atoms with van der Waals surface area (Å²) in [5.74, 6) is 0.669. The summed E-state index contributed by atoms with van der Waals surface area (Å²) in [6, 6.07) is 6.52. The number of hydrazine groups is 1. The van der Waals surface area contributed by atoms with Gasteiger partial charge in [0.1, 0.15) is 5.37 Å². The van der Waals surface area contributed by atoms with Gasteiger partial charge in [0.05, 0.1) is 5.69 Å². The summed E-state index contributed by atoms with van der Waals surface area (Å²) in [6.07, 6.45) is 6.17. The average molecular weight is 372 g/mol. The number of thioether (sulfide) groups is 1. The van der Waals surface area contributed by atoms with E-state index in [1.54, 1.807) is 29.3 Å². The second-order valence-corrected chi connectivity index (χ2v) is 6.56. The normalized spacial score (nSPS) is 21.0. The predicted octanol–water partition coefficient (Wildman–Crippen LogP) is 1.59. The van der Waals surface area contributed by atoms with Crippen LogP contribution in [0.2, 0.25) is 0 Å². The Morgan fingerprint density at radius 3 is 2.46 bits per heavy atom. The number of hydrogen-bond acceptors (Lipinski definition) is 10. The van der Waals surface area contributed by atoms with Gasteiger partial charge in [0.25, 0.3) is 0 Å². The number of amidine groups is 1. The third kappa shape index (κ3) is 2.88. The van der Waals surface area contributed by atoms with Crippen molar-refractivity contribution >= 4 is 28.3 Å². The minimum Gasteiger partial charge on any atom is -0.733 e. The van der Waals surface area contributed by atoms with Gasteiger partial charge in [0.15, 0.2) is 5.82 Å². The Hall–Kier alpha value is -2.99. The molecule has 0 amide bonds. The molecule has 0 spiro atoms. The van der Waals surface area contributed by atoms with Crippen molar-refractivity contribution in [3.8, 4) is 0 Å². The first-order valence-corrected chi connectivity index (χ1v) is 8.35. The van der Waals surface area contributed by atoms with Crippen molar-refractivity contribution in [1.82, 2.24) is 15.9 Å². The molecular formula is C15H12N6O4S-2. The van der Waals surface area contributed by atoms with E-state index in [9.17, 15) is 15.6 Å². The van der Waals surface area contributed by atoms with Gasteiger partial charge in [-0.2, -0.15) is 4.90 Å². The van der Waals surface area contributed by atoms with Crippen LogP contribution < -0.4 is 16.1 Å². The molecule has 1 saturated heterocycles. The maximum Gasteiger partial charge on any atom is 0.222 e. The monoisotopic (exact) mass is 372 g/mol. The van der Waals surface area contributed by atoms with E-state index in [2.05, 4.69) is 16.0 Å². The maximum atomic E-state index is 10.9. The van der Waals surface area contributed by atoms with Crippen LogP contribution in [0.1, 0.15) is 10.9 Å². The van der Waals surface area contributed by atoms with Gasteiger partial charge in [-0.15, -0.1) is 5.10 Å². The zero-order valence-corrected chi connectivity index (χ0v) is 13.9. The van der Waals surface area contributed by atoms with Crippen LogP contribution in [0.3, 0.4) is 0 Å². The molecule has 1 fully saturated rings. The number of hydrogen-bond donors (Lipinski definition) is 3. The highest BCUT2D eigenvalue weighted by Crippen LogP contribution is 2.38. The summed E-state index contributed by atoms with van der Waals surface area (Å²) in [5.41, 5.74) is 8.02. The Morgan fingerprint density at radius 2 is 1.85 bits per heavy atom. The Bertz CT molecular complexity index is 868. The zero-order valence-electron chi connectivity index (χ0n) is 13.1. The van der Waals surface area contributed by atoms with Crippen molar-refractivity contribution in [3.63, 3.8) is 0 Å². The molecule has 2 aliphatic heterocycles. The van der Waals surface area contributed by atoms with Crippen LogP contribution in [-0.4, -0.2) is 26.0 Å². The molecule has 1 aromatic rings. The third-order valence-electron chi connectivity index (χ3n) is 3.91. The molecule has 1 aromatic carbocycles. The van der Waals surface area contributed by atoms with Crippen LogP contribution in [0.4, 0.5) is 5.69 Å². The van der Waals surface area contributed by atoms with Crippen LogP contribution in [0.25, 0.3) is 0 Å². The van der Waals surface area contributed by atoms with Gasteiger partial charge >= 0.3 is 0 Å². The topological polar surface area (TPSA) is 135 Å². The van der Waals surface area contributed by atoms with Crippen LogP contribution in [0.5, 0.6) is 0 Å². The van der Waals surface area contributed by atoms with Crippen LogP contribution >= 0.6 is 11.8 Å². The molecule has 0 unspecified atom stereocenters. The highest BCUT2D eigenvalue weighted by Gasteiger charge is 2.36. The lowest BCUT2D eigenvalue weighted by atomic mass is 10.1. The Morgan fingerprint density at radius 1 is 1.15 bits per heavy atom. The van der Waals surface area contributed by atoms with Crippen LogP contribution in [-0.2, 0) is 0 Å². The molecule has 0 aromatic heterocycles.